The van der Waals surface area contributed by atoms with E-state index in [2.05, 4.69) is 67.1 Å². The highest BCUT2D eigenvalue weighted by Crippen LogP contribution is 2.52. The second-order valence-electron chi connectivity index (χ2n) is 7.83. The summed E-state index contributed by atoms with van der Waals surface area (Å²) in [6.45, 7) is 9.27. The molecule has 0 aromatic heterocycles. The van der Waals surface area contributed by atoms with Crippen molar-refractivity contribution >= 4 is 17.7 Å². The van der Waals surface area contributed by atoms with Gasteiger partial charge in [0.25, 0.3) is 0 Å². The molecule has 4 rings (SSSR count). The molecule has 2 aromatic carbocycles. The summed E-state index contributed by atoms with van der Waals surface area (Å²) in [6, 6.07) is 16.4. The van der Waals surface area contributed by atoms with Gasteiger partial charge < -0.3 is 15.0 Å². The van der Waals surface area contributed by atoms with E-state index < -0.39 is 5.66 Å². The number of nitrogens with zero attached hydrogens (tertiary/aromatic N) is 1. The van der Waals surface area contributed by atoms with Crippen LogP contribution in [0.4, 0.5) is 5.69 Å². The van der Waals surface area contributed by atoms with Crippen LogP contribution in [0, 0.1) is 0 Å². The molecule has 1 amide bonds. The van der Waals surface area contributed by atoms with E-state index in [-0.39, 0.29) is 11.3 Å². The number of fused-ring (bicyclic) bond motifs is 3. The van der Waals surface area contributed by atoms with Gasteiger partial charge in [-0.05, 0) is 23.8 Å². The van der Waals surface area contributed by atoms with E-state index in [9.17, 15) is 4.79 Å². The van der Waals surface area contributed by atoms with Gasteiger partial charge in [-0.1, -0.05) is 69.0 Å². The molecule has 0 aliphatic carbocycles. The number of hydrogen-bond acceptors (Lipinski definition) is 3. The normalized spacial score (nSPS) is 22.5. The van der Waals surface area contributed by atoms with Gasteiger partial charge in [0.15, 0.2) is 0 Å². The Morgan fingerprint density at radius 3 is 2.75 bits per heavy atom. The maximum absolute atomic E-state index is 12.5. The predicted molar refractivity (Wildman–Crippen MR) is 113 cm³/mol. The Labute approximate surface area is 166 Å². The fourth-order valence-electron chi connectivity index (χ4n) is 4.43. The molecule has 1 unspecified atom stereocenters. The molecule has 0 bridgehead atoms. The molecule has 0 saturated carbocycles. The summed E-state index contributed by atoms with van der Waals surface area (Å²) in [5, 5.41) is 3.31. The molecule has 1 fully saturated rings. The second kappa shape index (κ2) is 6.86. The maximum atomic E-state index is 12.5. The Bertz CT molecular complexity index is 947. The van der Waals surface area contributed by atoms with E-state index in [0.29, 0.717) is 19.6 Å². The van der Waals surface area contributed by atoms with Crippen LogP contribution in [0.2, 0.25) is 0 Å². The molecular weight excluding hydrogens is 348 g/mol. The lowest BCUT2D eigenvalue weighted by Crippen LogP contribution is -2.68. The second-order valence-corrected chi connectivity index (χ2v) is 7.83. The number of amides is 1. The van der Waals surface area contributed by atoms with Gasteiger partial charge in [0.2, 0.25) is 5.91 Å². The average molecular weight is 374 g/mol. The van der Waals surface area contributed by atoms with Gasteiger partial charge >= 0.3 is 0 Å². The first-order valence-corrected chi connectivity index (χ1v) is 9.70. The first-order chi connectivity index (χ1) is 13.5. The predicted octanol–water partition coefficient (Wildman–Crippen LogP) is 4.28. The molecular formula is C24H26N2O2. The Kier molecular flexibility index (Phi) is 4.50. The van der Waals surface area contributed by atoms with Crippen LogP contribution in [-0.2, 0) is 10.2 Å². The molecule has 2 aliphatic rings. The van der Waals surface area contributed by atoms with Crippen molar-refractivity contribution < 1.29 is 9.53 Å². The molecule has 0 radical (unpaired) electrons. The number of nitrogens with one attached hydrogen (secondary N) is 1. The number of ether oxygens (including phenoxy) is 1. The highest BCUT2D eigenvalue weighted by Gasteiger charge is 2.57. The summed E-state index contributed by atoms with van der Waals surface area (Å²) in [5.74, 6) is 0.884. The minimum atomic E-state index is -0.614. The van der Waals surface area contributed by atoms with Gasteiger partial charge in [-0.25, -0.2) is 0 Å². The van der Waals surface area contributed by atoms with Crippen LogP contribution >= 0.6 is 0 Å². The van der Waals surface area contributed by atoms with Crippen molar-refractivity contribution in [2.24, 2.45) is 0 Å². The van der Waals surface area contributed by atoms with Crippen molar-refractivity contribution in [2.75, 3.05) is 18.1 Å². The van der Waals surface area contributed by atoms with Crippen LogP contribution in [0.25, 0.3) is 6.08 Å². The molecule has 4 heteroatoms. The quantitative estimate of drug-likeness (QED) is 0.795. The van der Waals surface area contributed by atoms with Gasteiger partial charge in [-0.15, -0.1) is 0 Å². The third-order valence-corrected chi connectivity index (χ3v) is 5.92. The lowest BCUT2D eigenvalue weighted by molar-refractivity contribution is -0.124. The molecule has 1 N–H and O–H groups in total. The third kappa shape index (κ3) is 2.71. The van der Waals surface area contributed by atoms with Crippen molar-refractivity contribution in [3.8, 4) is 5.75 Å². The molecule has 28 heavy (non-hydrogen) atoms. The molecule has 1 saturated heterocycles. The minimum Gasteiger partial charge on any atom is -0.489 e. The molecule has 4 nitrogen and oxygen atoms in total. The van der Waals surface area contributed by atoms with Gasteiger partial charge in [-0.3, -0.25) is 4.79 Å². The van der Waals surface area contributed by atoms with Crippen molar-refractivity contribution in [3.05, 3.63) is 78.4 Å². The number of hydrogen-bond donors (Lipinski definition) is 1. The van der Waals surface area contributed by atoms with E-state index in [1.807, 2.05) is 24.3 Å². The lowest BCUT2D eigenvalue weighted by Gasteiger charge is -2.49. The van der Waals surface area contributed by atoms with E-state index in [1.54, 1.807) is 6.08 Å². The van der Waals surface area contributed by atoms with E-state index in [4.69, 9.17) is 4.74 Å². The maximum Gasteiger partial charge on any atom is 0.223 e. The van der Waals surface area contributed by atoms with Gasteiger partial charge in [-0.2, -0.15) is 0 Å². The Morgan fingerprint density at radius 1 is 1.18 bits per heavy atom. The van der Waals surface area contributed by atoms with Crippen molar-refractivity contribution in [1.82, 2.24) is 5.32 Å². The monoisotopic (exact) mass is 374 g/mol. The van der Waals surface area contributed by atoms with Gasteiger partial charge in [0.05, 0.1) is 0 Å². The van der Waals surface area contributed by atoms with Crippen LogP contribution in [0.15, 0.2) is 67.3 Å². The Balaban J connectivity index is 1.79. The van der Waals surface area contributed by atoms with Crippen LogP contribution < -0.4 is 15.0 Å². The number of carbonyl (C=O) groups excluding carboxylic acids is 1. The number of rotatable bonds is 5. The van der Waals surface area contributed by atoms with E-state index in [1.165, 1.54) is 11.3 Å². The van der Waals surface area contributed by atoms with Crippen LogP contribution in [0.5, 0.6) is 5.75 Å². The number of benzene rings is 2. The summed E-state index contributed by atoms with van der Waals surface area (Å²) in [6.07, 6.45) is 6.42. The Morgan fingerprint density at radius 2 is 1.93 bits per heavy atom. The molecule has 2 aliphatic heterocycles. The summed E-state index contributed by atoms with van der Waals surface area (Å²) in [7, 11) is 0. The number of carbonyl (C=O) groups is 1. The summed E-state index contributed by atoms with van der Waals surface area (Å²) in [4.78, 5) is 14.8. The fourth-order valence-corrected chi connectivity index (χ4v) is 4.43. The van der Waals surface area contributed by atoms with Crippen molar-refractivity contribution in [2.45, 2.75) is 31.3 Å². The topological polar surface area (TPSA) is 41.6 Å². The van der Waals surface area contributed by atoms with Crippen LogP contribution in [-0.4, -0.2) is 24.7 Å². The first-order valence-electron chi connectivity index (χ1n) is 9.70. The minimum absolute atomic E-state index is 0.0815. The zero-order valence-electron chi connectivity index (χ0n) is 16.4. The SMILES string of the molecule is C=CCOc1ccccc1C=CC12NC(=O)CCN1c1ccccc1C2(C)C. The molecule has 2 aromatic rings. The van der Waals surface area contributed by atoms with E-state index >= 15 is 0 Å². The van der Waals surface area contributed by atoms with E-state index in [0.717, 1.165) is 11.3 Å². The lowest BCUT2D eigenvalue weighted by atomic mass is 9.74. The number of para-hydroxylation sites is 2. The average Bonchev–Trinajstić information content (AvgIpc) is 2.89. The Hall–Kier alpha value is -3.01. The zero-order chi connectivity index (χ0) is 19.8. The molecule has 144 valence electrons. The highest BCUT2D eigenvalue weighted by molar-refractivity contribution is 5.84. The van der Waals surface area contributed by atoms with Crippen LogP contribution in [0.3, 0.4) is 0 Å². The largest absolute Gasteiger partial charge is 0.489 e. The summed E-state index contributed by atoms with van der Waals surface area (Å²) in [5.41, 5.74) is 2.52. The smallest absolute Gasteiger partial charge is 0.223 e. The highest BCUT2D eigenvalue weighted by atomic mass is 16.5. The molecule has 0 spiro atoms. The molecule has 1 atom stereocenters. The third-order valence-electron chi connectivity index (χ3n) is 5.92. The fraction of sp³-hybridized carbons (Fsp3) is 0.292. The van der Waals surface area contributed by atoms with Gasteiger partial charge in [0.1, 0.15) is 18.0 Å². The number of anilines is 1. The van der Waals surface area contributed by atoms with Crippen LogP contribution in [0.1, 0.15) is 31.4 Å². The zero-order valence-corrected chi connectivity index (χ0v) is 16.4. The van der Waals surface area contributed by atoms with Gasteiger partial charge in [0, 0.05) is 29.6 Å². The summed E-state index contributed by atoms with van der Waals surface area (Å²) >= 11 is 0. The van der Waals surface area contributed by atoms with Crippen molar-refractivity contribution in [1.29, 1.82) is 0 Å². The molecule has 2 heterocycles. The van der Waals surface area contributed by atoms with Crippen molar-refractivity contribution in [3.63, 3.8) is 0 Å². The standard InChI is InChI=1S/C24H26N2O2/c1-4-17-28-21-12-8-5-9-18(21)13-15-24-23(2,3)19-10-6-7-11-20(19)26(24)16-14-22(27)25-24/h4-13,15H,1,14,16-17H2,2-3H3,(H,25,27). The summed E-state index contributed by atoms with van der Waals surface area (Å²) < 4.78 is 5.80. The first kappa shape index (κ1) is 18.4.